The van der Waals surface area contributed by atoms with Crippen molar-refractivity contribution in [3.8, 4) is 5.75 Å². The molecule has 2 amide bonds. The summed E-state index contributed by atoms with van der Waals surface area (Å²) in [4.78, 5) is 38.2. The Labute approximate surface area is 237 Å². The Balaban J connectivity index is 1.67. The van der Waals surface area contributed by atoms with Crippen LogP contribution in [0.25, 0.3) is 0 Å². The molecule has 0 fully saturated rings. The highest BCUT2D eigenvalue weighted by atomic mass is 35.5. The molecule has 4 rings (SSSR count). The van der Waals surface area contributed by atoms with Crippen LogP contribution in [0.5, 0.6) is 5.75 Å². The number of nitrogens with one attached hydrogen (secondary N) is 1. The van der Waals surface area contributed by atoms with Gasteiger partial charge in [0.25, 0.3) is 5.91 Å². The third-order valence-corrected chi connectivity index (χ3v) is 6.99. The zero-order valence-corrected chi connectivity index (χ0v) is 23.5. The quantitative estimate of drug-likeness (QED) is 0.182. The highest BCUT2D eigenvalue weighted by molar-refractivity contribution is 7.99. The van der Waals surface area contributed by atoms with E-state index in [9.17, 15) is 9.59 Å². The van der Waals surface area contributed by atoms with Gasteiger partial charge in [0, 0.05) is 28.6 Å². The smallest absolute Gasteiger partial charge is 0.251 e. The number of ether oxygens (including phenoxy) is 1. The van der Waals surface area contributed by atoms with E-state index >= 15 is 0 Å². The van der Waals surface area contributed by atoms with Gasteiger partial charge in [-0.25, -0.2) is 9.97 Å². The fourth-order valence-electron chi connectivity index (χ4n) is 4.07. The second kappa shape index (κ2) is 13.3. The molecule has 0 saturated carbocycles. The number of aryl methyl sites for hydroxylation is 2. The van der Waals surface area contributed by atoms with Gasteiger partial charge in [-0.2, -0.15) is 0 Å². The number of carbonyl (C=O) groups excluding carboxylic acids is 2. The summed E-state index contributed by atoms with van der Waals surface area (Å²) >= 11 is 7.35. The number of aromatic nitrogens is 2. The minimum Gasteiger partial charge on any atom is -0.497 e. The number of benzene rings is 3. The molecule has 0 aliphatic carbocycles. The predicted molar refractivity (Wildman–Crippen MR) is 155 cm³/mol. The number of hydrogen-bond donors (Lipinski definition) is 1. The molecule has 4 aromatic rings. The molecule has 3 aromatic carbocycles. The lowest BCUT2D eigenvalue weighted by atomic mass is 10.0. The maximum Gasteiger partial charge on any atom is 0.251 e. The van der Waals surface area contributed by atoms with Crippen molar-refractivity contribution in [2.24, 2.45) is 0 Å². The molecule has 0 bridgehead atoms. The molecule has 0 aliphatic heterocycles. The van der Waals surface area contributed by atoms with E-state index in [2.05, 4.69) is 15.3 Å². The van der Waals surface area contributed by atoms with Gasteiger partial charge in [0.15, 0.2) is 5.16 Å². The zero-order chi connectivity index (χ0) is 27.8. The van der Waals surface area contributed by atoms with Crippen LogP contribution in [-0.2, 0) is 16.1 Å². The van der Waals surface area contributed by atoms with Crippen LogP contribution < -0.4 is 10.1 Å². The molecule has 1 N–H and O–H groups in total. The van der Waals surface area contributed by atoms with Crippen LogP contribution in [0, 0.1) is 13.8 Å². The number of amides is 2. The first kappa shape index (κ1) is 28.1. The fraction of sp³-hybridized carbons (Fsp3) is 0.200. The number of anilines is 1. The molecule has 7 nitrogen and oxygen atoms in total. The first-order valence-corrected chi connectivity index (χ1v) is 13.7. The molecule has 1 aromatic heterocycles. The van der Waals surface area contributed by atoms with Gasteiger partial charge in [0.1, 0.15) is 11.8 Å². The molecule has 1 unspecified atom stereocenters. The van der Waals surface area contributed by atoms with Crippen molar-refractivity contribution in [2.75, 3.05) is 18.2 Å². The van der Waals surface area contributed by atoms with Gasteiger partial charge in [0.05, 0.1) is 12.9 Å². The van der Waals surface area contributed by atoms with Crippen LogP contribution in [0.2, 0.25) is 5.02 Å². The summed E-state index contributed by atoms with van der Waals surface area (Å²) in [5.74, 6) is 0.186. The van der Waals surface area contributed by atoms with Crippen molar-refractivity contribution in [1.29, 1.82) is 0 Å². The summed E-state index contributed by atoms with van der Waals surface area (Å²) in [6.45, 7) is 3.99. The number of methoxy groups -OCH3 is 1. The summed E-state index contributed by atoms with van der Waals surface area (Å²) < 4.78 is 5.23. The van der Waals surface area contributed by atoms with Gasteiger partial charge in [-0.3, -0.25) is 9.59 Å². The maximum absolute atomic E-state index is 13.8. The van der Waals surface area contributed by atoms with Crippen LogP contribution in [-0.4, -0.2) is 39.5 Å². The highest BCUT2D eigenvalue weighted by Gasteiger charge is 2.32. The zero-order valence-electron chi connectivity index (χ0n) is 21.9. The molecule has 1 atom stereocenters. The molecule has 1 heterocycles. The lowest BCUT2D eigenvalue weighted by Crippen LogP contribution is -2.41. The molecule has 0 saturated heterocycles. The third kappa shape index (κ3) is 7.81. The van der Waals surface area contributed by atoms with Crippen molar-refractivity contribution in [2.45, 2.75) is 31.6 Å². The molecular formula is C30H29ClN4O3S. The average molecular weight is 561 g/mol. The minimum atomic E-state index is -0.891. The Kier molecular flexibility index (Phi) is 9.57. The predicted octanol–water partition coefficient (Wildman–Crippen LogP) is 6.26. The van der Waals surface area contributed by atoms with Crippen LogP contribution in [0.4, 0.5) is 5.69 Å². The Bertz CT molecular complexity index is 1400. The van der Waals surface area contributed by atoms with Crippen molar-refractivity contribution in [1.82, 2.24) is 14.9 Å². The molecule has 9 heteroatoms. The number of halogens is 1. The molecule has 200 valence electrons. The number of nitrogens with zero attached hydrogens (tertiary/aromatic N) is 3. The van der Waals surface area contributed by atoms with E-state index in [-0.39, 0.29) is 24.1 Å². The highest BCUT2D eigenvalue weighted by Crippen LogP contribution is 2.28. The van der Waals surface area contributed by atoms with Crippen molar-refractivity contribution in [3.05, 3.63) is 112 Å². The normalized spacial score (nSPS) is 11.5. The van der Waals surface area contributed by atoms with E-state index in [1.807, 2.05) is 62.4 Å². The molecule has 0 spiro atoms. The second-order valence-electron chi connectivity index (χ2n) is 8.90. The Morgan fingerprint density at radius 3 is 2.21 bits per heavy atom. The second-order valence-corrected chi connectivity index (χ2v) is 10.3. The Morgan fingerprint density at radius 1 is 0.949 bits per heavy atom. The average Bonchev–Trinajstić information content (AvgIpc) is 2.93. The van der Waals surface area contributed by atoms with Gasteiger partial charge in [-0.15, -0.1) is 0 Å². The van der Waals surface area contributed by atoms with Crippen LogP contribution in [0.15, 0.2) is 90.1 Å². The largest absolute Gasteiger partial charge is 0.497 e. The summed E-state index contributed by atoms with van der Waals surface area (Å²) in [5, 5.41) is 4.08. The molecular weight excluding hydrogens is 532 g/mol. The Hall–Kier alpha value is -3.88. The fourth-order valence-corrected chi connectivity index (χ4v) is 5.03. The van der Waals surface area contributed by atoms with Crippen molar-refractivity contribution < 1.29 is 14.3 Å². The third-order valence-electron chi connectivity index (χ3n) is 5.91. The van der Waals surface area contributed by atoms with E-state index in [4.69, 9.17) is 16.3 Å². The van der Waals surface area contributed by atoms with E-state index in [1.54, 1.807) is 48.4 Å². The molecule has 0 aliphatic rings. The monoisotopic (exact) mass is 560 g/mol. The van der Waals surface area contributed by atoms with Gasteiger partial charge in [0.2, 0.25) is 5.91 Å². The van der Waals surface area contributed by atoms with Gasteiger partial charge in [-0.05, 0) is 67.4 Å². The minimum absolute atomic E-state index is 0.0651. The summed E-state index contributed by atoms with van der Waals surface area (Å²) in [5.41, 5.74) is 3.80. The van der Waals surface area contributed by atoms with Gasteiger partial charge >= 0.3 is 0 Å². The summed E-state index contributed by atoms with van der Waals surface area (Å²) in [6.07, 6.45) is 0. The standard InChI is InChI=1S/C30H29ClN4O3S/c1-20-17-21(2)33-30(32-20)39-19-27(36)35(18-22-9-11-24(31)12-10-22)28(23-7-5-4-6-8-23)29(37)34-25-13-15-26(38-3)16-14-25/h4-17,28H,18-19H2,1-3H3,(H,34,37). The van der Waals surface area contributed by atoms with Crippen molar-refractivity contribution >= 4 is 40.9 Å². The lowest BCUT2D eigenvalue weighted by Gasteiger charge is -2.31. The van der Waals surface area contributed by atoms with Crippen LogP contribution >= 0.6 is 23.4 Å². The lowest BCUT2D eigenvalue weighted by molar-refractivity contribution is -0.137. The van der Waals surface area contributed by atoms with Crippen LogP contribution in [0.3, 0.4) is 0 Å². The van der Waals surface area contributed by atoms with Gasteiger partial charge in [-0.1, -0.05) is 65.8 Å². The number of thioether (sulfide) groups is 1. The van der Waals surface area contributed by atoms with E-state index in [0.717, 1.165) is 17.0 Å². The number of hydrogen-bond acceptors (Lipinski definition) is 6. The van der Waals surface area contributed by atoms with E-state index in [1.165, 1.54) is 11.8 Å². The van der Waals surface area contributed by atoms with Crippen LogP contribution in [0.1, 0.15) is 28.6 Å². The SMILES string of the molecule is COc1ccc(NC(=O)C(c2ccccc2)N(Cc2ccc(Cl)cc2)C(=O)CSc2nc(C)cc(C)n2)cc1. The van der Waals surface area contributed by atoms with E-state index in [0.29, 0.717) is 27.2 Å². The number of carbonyl (C=O) groups is 2. The Morgan fingerprint density at radius 2 is 1.59 bits per heavy atom. The topological polar surface area (TPSA) is 84.4 Å². The first-order chi connectivity index (χ1) is 18.8. The summed E-state index contributed by atoms with van der Waals surface area (Å²) in [6, 6.07) is 24.6. The summed E-state index contributed by atoms with van der Waals surface area (Å²) in [7, 11) is 1.58. The van der Waals surface area contributed by atoms with Gasteiger partial charge < -0.3 is 15.0 Å². The van der Waals surface area contributed by atoms with E-state index < -0.39 is 6.04 Å². The molecule has 39 heavy (non-hydrogen) atoms. The maximum atomic E-state index is 13.8. The number of rotatable bonds is 10. The first-order valence-electron chi connectivity index (χ1n) is 12.3. The molecule has 0 radical (unpaired) electrons. The van der Waals surface area contributed by atoms with Crippen molar-refractivity contribution in [3.63, 3.8) is 0 Å².